The van der Waals surface area contributed by atoms with Crippen LogP contribution in [0.2, 0.25) is 0 Å². The molecule has 6 nitrogen and oxygen atoms in total. The summed E-state index contributed by atoms with van der Waals surface area (Å²) >= 11 is 1.39. The highest BCUT2D eigenvalue weighted by atomic mass is 32.2. The number of hydrogen-bond acceptors (Lipinski definition) is 5. The van der Waals surface area contributed by atoms with E-state index in [4.69, 9.17) is 4.74 Å². The van der Waals surface area contributed by atoms with Crippen molar-refractivity contribution in [3.63, 3.8) is 0 Å². The lowest BCUT2D eigenvalue weighted by atomic mass is 10.1. The van der Waals surface area contributed by atoms with Crippen LogP contribution in [-0.2, 0) is 11.3 Å². The summed E-state index contributed by atoms with van der Waals surface area (Å²) in [5, 5.41) is 12.3. The predicted octanol–water partition coefficient (Wildman–Crippen LogP) is 4.40. The molecule has 0 atom stereocenters. The molecular formula is C21H24N4O2S. The van der Waals surface area contributed by atoms with Gasteiger partial charge in [-0.05, 0) is 43.7 Å². The van der Waals surface area contributed by atoms with E-state index < -0.39 is 0 Å². The first-order valence-corrected chi connectivity index (χ1v) is 10.2. The van der Waals surface area contributed by atoms with Gasteiger partial charge in [-0.15, -0.1) is 10.2 Å². The van der Waals surface area contributed by atoms with Crippen LogP contribution in [0.3, 0.4) is 0 Å². The summed E-state index contributed by atoms with van der Waals surface area (Å²) in [4.78, 5) is 12.3. The van der Waals surface area contributed by atoms with Gasteiger partial charge < -0.3 is 14.6 Å². The maximum absolute atomic E-state index is 12.3. The zero-order valence-electron chi connectivity index (χ0n) is 16.3. The average molecular weight is 397 g/mol. The van der Waals surface area contributed by atoms with Gasteiger partial charge in [0.15, 0.2) is 11.0 Å². The van der Waals surface area contributed by atoms with Crippen molar-refractivity contribution < 1.29 is 9.53 Å². The fraction of sp³-hybridized carbons (Fsp3) is 0.286. The smallest absolute Gasteiger partial charge is 0.234 e. The standard InChI is InChI=1S/C21H24N4O2S/c1-4-12-25-20(16-7-5-6-15(2)13-16)23-24-21(25)28-14-19(26)22-17-8-10-18(27-3)11-9-17/h5-11,13H,4,12,14H2,1-3H3,(H,22,26). The normalized spacial score (nSPS) is 10.7. The number of rotatable bonds is 8. The maximum atomic E-state index is 12.3. The lowest BCUT2D eigenvalue weighted by Gasteiger charge is -2.10. The van der Waals surface area contributed by atoms with Gasteiger partial charge in [-0.3, -0.25) is 4.79 Å². The SMILES string of the molecule is CCCn1c(SCC(=O)Nc2ccc(OC)cc2)nnc1-c1cccc(C)c1. The number of hydrogen-bond donors (Lipinski definition) is 1. The highest BCUT2D eigenvalue weighted by Crippen LogP contribution is 2.25. The van der Waals surface area contributed by atoms with Gasteiger partial charge in [-0.2, -0.15) is 0 Å². The number of aromatic nitrogens is 3. The van der Waals surface area contributed by atoms with Crippen LogP contribution in [0.4, 0.5) is 5.69 Å². The van der Waals surface area contributed by atoms with Crippen LogP contribution in [0.5, 0.6) is 5.75 Å². The Labute approximate surface area is 169 Å². The molecule has 0 spiro atoms. The zero-order valence-corrected chi connectivity index (χ0v) is 17.1. The number of anilines is 1. The van der Waals surface area contributed by atoms with E-state index in [1.54, 1.807) is 7.11 Å². The van der Waals surface area contributed by atoms with Crippen molar-refractivity contribution in [2.24, 2.45) is 0 Å². The molecule has 0 radical (unpaired) electrons. The zero-order chi connectivity index (χ0) is 19.9. The topological polar surface area (TPSA) is 69.0 Å². The van der Waals surface area contributed by atoms with Crippen molar-refractivity contribution in [3.05, 3.63) is 54.1 Å². The summed E-state index contributed by atoms with van der Waals surface area (Å²) in [5.41, 5.74) is 2.95. The molecule has 0 aliphatic carbocycles. The van der Waals surface area contributed by atoms with Crippen LogP contribution < -0.4 is 10.1 Å². The molecule has 0 saturated carbocycles. The molecule has 1 heterocycles. The molecule has 1 aromatic heterocycles. The number of nitrogens with zero attached hydrogens (tertiary/aromatic N) is 3. The second-order valence-corrected chi connectivity index (χ2v) is 7.34. The van der Waals surface area contributed by atoms with Crippen molar-refractivity contribution in [1.29, 1.82) is 0 Å². The number of aryl methyl sites for hydroxylation is 1. The van der Waals surface area contributed by atoms with Gasteiger partial charge in [0, 0.05) is 17.8 Å². The molecule has 146 valence electrons. The Morgan fingerprint density at radius 3 is 2.64 bits per heavy atom. The third kappa shape index (κ3) is 4.92. The summed E-state index contributed by atoms with van der Waals surface area (Å²) in [7, 11) is 1.61. The number of carbonyl (C=O) groups is 1. The van der Waals surface area contributed by atoms with Crippen molar-refractivity contribution in [3.8, 4) is 17.1 Å². The van der Waals surface area contributed by atoms with E-state index in [1.807, 2.05) is 36.4 Å². The van der Waals surface area contributed by atoms with E-state index in [2.05, 4.69) is 46.1 Å². The van der Waals surface area contributed by atoms with E-state index in [0.717, 1.165) is 40.9 Å². The van der Waals surface area contributed by atoms with Crippen LogP contribution in [-0.4, -0.2) is 33.5 Å². The van der Waals surface area contributed by atoms with E-state index in [-0.39, 0.29) is 11.7 Å². The van der Waals surface area contributed by atoms with Gasteiger partial charge >= 0.3 is 0 Å². The lowest BCUT2D eigenvalue weighted by Crippen LogP contribution is -2.14. The fourth-order valence-corrected chi connectivity index (χ4v) is 3.58. The maximum Gasteiger partial charge on any atom is 0.234 e. The molecule has 1 N–H and O–H groups in total. The molecule has 0 bridgehead atoms. The Morgan fingerprint density at radius 2 is 1.96 bits per heavy atom. The molecule has 28 heavy (non-hydrogen) atoms. The van der Waals surface area contributed by atoms with Gasteiger partial charge in [-0.1, -0.05) is 42.4 Å². The first kappa shape index (κ1) is 19.9. The minimum atomic E-state index is -0.0849. The second kappa shape index (κ2) is 9.41. The molecule has 3 aromatic rings. The summed E-state index contributed by atoms with van der Waals surface area (Å²) < 4.78 is 7.21. The molecule has 0 unspecified atom stereocenters. The lowest BCUT2D eigenvalue weighted by molar-refractivity contribution is -0.113. The van der Waals surface area contributed by atoms with E-state index in [0.29, 0.717) is 0 Å². The number of ether oxygens (including phenoxy) is 1. The minimum absolute atomic E-state index is 0.0849. The Hall–Kier alpha value is -2.80. The van der Waals surface area contributed by atoms with Gasteiger partial charge in [0.25, 0.3) is 0 Å². The quantitative estimate of drug-likeness (QED) is 0.572. The van der Waals surface area contributed by atoms with Gasteiger partial charge in [0.05, 0.1) is 12.9 Å². The number of methoxy groups -OCH3 is 1. The van der Waals surface area contributed by atoms with Gasteiger partial charge in [0.2, 0.25) is 5.91 Å². The Balaban J connectivity index is 1.68. The molecule has 0 fully saturated rings. The van der Waals surface area contributed by atoms with Crippen LogP contribution in [0.25, 0.3) is 11.4 Å². The first-order chi connectivity index (χ1) is 13.6. The van der Waals surface area contributed by atoms with E-state index in [1.165, 1.54) is 17.3 Å². The summed E-state index contributed by atoms with van der Waals surface area (Å²) in [6.45, 7) is 4.98. The molecule has 3 rings (SSSR count). The van der Waals surface area contributed by atoms with Crippen LogP contribution in [0.1, 0.15) is 18.9 Å². The molecule has 0 aliphatic heterocycles. The Kier molecular flexibility index (Phi) is 6.71. The van der Waals surface area contributed by atoms with Crippen LogP contribution in [0.15, 0.2) is 53.7 Å². The molecule has 0 saturated heterocycles. The minimum Gasteiger partial charge on any atom is -0.497 e. The summed E-state index contributed by atoms with van der Waals surface area (Å²) in [6.07, 6.45) is 0.961. The van der Waals surface area contributed by atoms with E-state index >= 15 is 0 Å². The first-order valence-electron chi connectivity index (χ1n) is 9.17. The Morgan fingerprint density at radius 1 is 1.18 bits per heavy atom. The highest BCUT2D eigenvalue weighted by molar-refractivity contribution is 7.99. The molecule has 0 aliphatic rings. The highest BCUT2D eigenvalue weighted by Gasteiger charge is 2.15. The van der Waals surface area contributed by atoms with Crippen LogP contribution >= 0.6 is 11.8 Å². The number of carbonyl (C=O) groups excluding carboxylic acids is 1. The van der Waals surface area contributed by atoms with Crippen molar-refractivity contribution in [2.75, 3.05) is 18.2 Å². The molecule has 2 aromatic carbocycles. The molecule has 7 heteroatoms. The average Bonchev–Trinajstić information content (AvgIpc) is 3.10. The van der Waals surface area contributed by atoms with Crippen LogP contribution in [0, 0.1) is 6.92 Å². The van der Waals surface area contributed by atoms with Crippen molar-refractivity contribution >= 4 is 23.4 Å². The van der Waals surface area contributed by atoms with Crippen molar-refractivity contribution in [2.45, 2.75) is 32.0 Å². The number of nitrogens with one attached hydrogen (secondary N) is 1. The van der Waals surface area contributed by atoms with E-state index in [9.17, 15) is 4.79 Å². The van der Waals surface area contributed by atoms with Crippen molar-refractivity contribution in [1.82, 2.24) is 14.8 Å². The number of benzene rings is 2. The predicted molar refractivity (Wildman–Crippen MR) is 113 cm³/mol. The molecular weight excluding hydrogens is 372 g/mol. The third-order valence-corrected chi connectivity index (χ3v) is 5.11. The Bertz CT molecular complexity index is 938. The van der Waals surface area contributed by atoms with Gasteiger partial charge in [-0.25, -0.2) is 0 Å². The summed E-state index contributed by atoms with van der Waals surface area (Å²) in [5.74, 6) is 1.77. The van der Waals surface area contributed by atoms with Gasteiger partial charge in [0.1, 0.15) is 5.75 Å². The number of amides is 1. The monoisotopic (exact) mass is 396 g/mol. The third-order valence-electron chi connectivity index (χ3n) is 4.15. The second-order valence-electron chi connectivity index (χ2n) is 6.39. The summed E-state index contributed by atoms with van der Waals surface area (Å²) in [6, 6.07) is 15.5. The number of thioether (sulfide) groups is 1. The largest absolute Gasteiger partial charge is 0.497 e. The fourth-order valence-electron chi connectivity index (χ4n) is 2.82. The molecule has 1 amide bonds.